The van der Waals surface area contributed by atoms with E-state index in [0.29, 0.717) is 12.8 Å². The number of carbonyl (C=O) groups is 1. The predicted molar refractivity (Wildman–Crippen MR) is 264 cm³/mol. The van der Waals surface area contributed by atoms with E-state index < -0.39 is 18.2 Å². The van der Waals surface area contributed by atoms with E-state index in [1.165, 1.54) is 250 Å². The average Bonchev–Trinajstić information content (AvgIpc) is 3.24. The van der Waals surface area contributed by atoms with Crippen molar-refractivity contribution < 1.29 is 20.1 Å². The van der Waals surface area contributed by atoms with Gasteiger partial charge in [-0.05, 0) is 38.5 Å². The third kappa shape index (κ3) is 46.6. The monoisotopic (exact) mass is 848 g/mol. The average molecular weight is 848 g/mol. The normalized spacial score (nSPS) is 13.3. The first-order valence-corrected chi connectivity index (χ1v) is 27.5. The van der Waals surface area contributed by atoms with Gasteiger partial charge in [0.25, 0.3) is 0 Å². The quantitative estimate of drug-likeness (QED) is 0.0363. The fourth-order valence-electron chi connectivity index (χ4n) is 8.87. The van der Waals surface area contributed by atoms with Crippen LogP contribution in [0.2, 0.25) is 0 Å². The summed E-state index contributed by atoms with van der Waals surface area (Å²) in [6.07, 6.45) is 62.2. The van der Waals surface area contributed by atoms with Crippen molar-refractivity contribution in [3.05, 3.63) is 12.2 Å². The lowest BCUT2D eigenvalue weighted by atomic mass is 10.0. The Morgan fingerprint density at radius 1 is 0.400 bits per heavy atom. The number of rotatable bonds is 51. The van der Waals surface area contributed by atoms with Gasteiger partial charge in [0, 0.05) is 0 Å². The van der Waals surface area contributed by atoms with Crippen molar-refractivity contribution in [3.8, 4) is 0 Å². The summed E-state index contributed by atoms with van der Waals surface area (Å²) < 4.78 is 0. The molecule has 0 rings (SSSR count). The Morgan fingerprint density at radius 3 is 0.967 bits per heavy atom. The lowest BCUT2D eigenvalue weighted by molar-refractivity contribution is -0.125. The molecule has 0 aromatic rings. The van der Waals surface area contributed by atoms with Gasteiger partial charge in [0.05, 0.1) is 31.3 Å². The molecule has 0 aromatic carbocycles. The van der Waals surface area contributed by atoms with Gasteiger partial charge in [-0.25, -0.2) is 0 Å². The van der Waals surface area contributed by atoms with Crippen LogP contribution in [0.15, 0.2) is 12.2 Å². The van der Waals surface area contributed by atoms with E-state index in [-0.39, 0.29) is 18.9 Å². The van der Waals surface area contributed by atoms with Crippen molar-refractivity contribution in [2.75, 3.05) is 6.61 Å². The number of hydrogen-bond acceptors (Lipinski definition) is 4. The number of nitrogens with one attached hydrogen (secondary N) is 1. The van der Waals surface area contributed by atoms with Crippen LogP contribution < -0.4 is 5.32 Å². The maximum atomic E-state index is 12.5. The summed E-state index contributed by atoms with van der Waals surface area (Å²) in [5.41, 5.74) is 0. The standard InChI is InChI=1S/C55H109NO4/c1-3-5-7-9-11-13-15-17-19-21-23-25-27-28-30-32-34-36-38-40-42-44-46-48-52(58)50-55(60)56-53(51-57)54(59)49-47-45-43-41-39-37-35-33-31-29-26-24-22-20-18-16-14-12-10-8-6-4-2/h28,30,52-54,57-59H,3-27,29,31-51H2,1-2H3,(H,56,60)/b30-28-. The highest BCUT2D eigenvalue weighted by atomic mass is 16.3. The summed E-state index contributed by atoms with van der Waals surface area (Å²) in [5.74, 6) is -0.280. The first kappa shape index (κ1) is 59.1. The molecule has 0 heterocycles. The Kier molecular flexibility index (Phi) is 50.0. The zero-order valence-electron chi connectivity index (χ0n) is 40.9. The van der Waals surface area contributed by atoms with Gasteiger partial charge in [0.1, 0.15) is 0 Å². The molecule has 60 heavy (non-hydrogen) atoms. The molecule has 0 bridgehead atoms. The molecule has 3 unspecified atom stereocenters. The van der Waals surface area contributed by atoms with Crippen molar-refractivity contribution in [3.63, 3.8) is 0 Å². The third-order valence-corrected chi connectivity index (χ3v) is 13.1. The van der Waals surface area contributed by atoms with Gasteiger partial charge >= 0.3 is 0 Å². The van der Waals surface area contributed by atoms with Crippen LogP contribution >= 0.6 is 0 Å². The second-order valence-electron chi connectivity index (χ2n) is 19.2. The van der Waals surface area contributed by atoms with Crippen molar-refractivity contribution in [1.82, 2.24) is 5.32 Å². The second kappa shape index (κ2) is 50.7. The van der Waals surface area contributed by atoms with Gasteiger partial charge < -0.3 is 20.6 Å². The van der Waals surface area contributed by atoms with Crippen LogP contribution in [0, 0.1) is 0 Å². The highest BCUT2D eigenvalue weighted by Gasteiger charge is 2.21. The first-order chi connectivity index (χ1) is 29.5. The molecule has 0 aliphatic heterocycles. The van der Waals surface area contributed by atoms with Crippen LogP contribution in [-0.2, 0) is 4.79 Å². The Balaban J connectivity index is 3.53. The number of allylic oxidation sites excluding steroid dienone is 2. The molecule has 5 nitrogen and oxygen atoms in total. The van der Waals surface area contributed by atoms with Crippen molar-refractivity contribution in [2.24, 2.45) is 0 Å². The van der Waals surface area contributed by atoms with Crippen LogP contribution in [0.1, 0.15) is 309 Å². The zero-order chi connectivity index (χ0) is 43.7. The summed E-state index contributed by atoms with van der Waals surface area (Å²) >= 11 is 0. The summed E-state index contributed by atoms with van der Waals surface area (Å²) in [5, 5.41) is 33.6. The lowest BCUT2D eigenvalue weighted by Gasteiger charge is -2.23. The highest BCUT2D eigenvalue weighted by molar-refractivity contribution is 5.76. The zero-order valence-corrected chi connectivity index (χ0v) is 40.9. The van der Waals surface area contributed by atoms with Gasteiger partial charge in [-0.15, -0.1) is 0 Å². The van der Waals surface area contributed by atoms with Gasteiger partial charge in [0.2, 0.25) is 5.91 Å². The molecule has 0 spiro atoms. The summed E-state index contributed by atoms with van der Waals surface area (Å²) in [4.78, 5) is 12.5. The fourth-order valence-corrected chi connectivity index (χ4v) is 8.87. The molecule has 0 aliphatic carbocycles. The minimum absolute atomic E-state index is 0.0371. The van der Waals surface area contributed by atoms with Gasteiger partial charge in [-0.2, -0.15) is 0 Å². The SMILES string of the molecule is CCCCCCCCCCCCCC/C=C\CCCCCCCCCC(O)CC(=O)NC(CO)C(O)CCCCCCCCCCCCCCCCCCCCCCCC. The summed E-state index contributed by atoms with van der Waals surface area (Å²) in [6, 6.07) is -0.658. The molecule has 0 saturated heterocycles. The molecule has 0 saturated carbocycles. The fraction of sp³-hybridized carbons (Fsp3) is 0.945. The van der Waals surface area contributed by atoms with E-state index in [1.807, 2.05) is 0 Å². The van der Waals surface area contributed by atoms with Gasteiger partial charge in [-0.1, -0.05) is 276 Å². The van der Waals surface area contributed by atoms with Crippen molar-refractivity contribution in [2.45, 2.75) is 327 Å². The van der Waals surface area contributed by atoms with E-state index >= 15 is 0 Å². The minimum Gasteiger partial charge on any atom is -0.394 e. The summed E-state index contributed by atoms with van der Waals surface area (Å²) in [7, 11) is 0. The Morgan fingerprint density at radius 2 is 0.667 bits per heavy atom. The molecule has 0 fully saturated rings. The maximum absolute atomic E-state index is 12.5. The van der Waals surface area contributed by atoms with Crippen LogP contribution in [0.3, 0.4) is 0 Å². The second-order valence-corrected chi connectivity index (χ2v) is 19.2. The predicted octanol–water partition coefficient (Wildman–Crippen LogP) is 16.7. The molecule has 0 radical (unpaired) electrons. The van der Waals surface area contributed by atoms with Crippen LogP contribution in [0.5, 0.6) is 0 Å². The number of aliphatic hydroxyl groups is 3. The number of aliphatic hydroxyl groups excluding tert-OH is 3. The smallest absolute Gasteiger partial charge is 0.222 e. The minimum atomic E-state index is -0.749. The number of carbonyl (C=O) groups excluding carboxylic acids is 1. The Labute approximate surface area is 376 Å². The lowest BCUT2D eigenvalue weighted by Crippen LogP contribution is -2.46. The molecule has 1 amide bonds. The molecule has 4 N–H and O–H groups in total. The van der Waals surface area contributed by atoms with Gasteiger partial charge in [0.15, 0.2) is 0 Å². The topological polar surface area (TPSA) is 89.8 Å². The number of amides is 1. The number of unbranched alkanes of at least 4 members (excludes halogenated alkanes) is 40. The largest absolute Gasteiger partial charge is 0.394 e. The van der Waals surface area contributed by atoms with E-state index in [0.717, 1.165) is 25.7 Å². The van der Waals surface area contributed by atoms with Crippen molar-refractivity contribution in [1.29, 1.82) is 0 Å². The molecule has 3 atom stereocenters. The first-order valence-electron chi connectivity index (χ1n) is 27.5. The molecular weight excluding hydrogens is 739 g/mol. The third-order valence-electron chi connectivity index (χ3n) is 13.1. The molecule has 358 valence electrons. The Hall–Kier alpha value is -0.910. The molecule has 0 aromatic heterocycles. The molecular formula is C55H109NO4. The van der Waals surface area contributed by atoms with E-state index in [9.17, 15) is 20.1 Å². The van der Waals surface area contributed by atoms with Crippen LogP contribution in [-0.4, -0.2) is 46.1 Å². The van der Waals surface area contributed by atoms with E-state index in [4.69, 9.17) is 0 Å². The van der Waals surface area contributed by atoms with Crippen LogP contribution in [0.25, 0.3) is 0 Å². The number of hydrogen-bond donors (Lipinski definition) is 4. The van der Waals surface area contributed by atoms with Crippen molar-refractivity contribution >= 4 is 5.91 Å². The molecule has 5 heteroatoms. The van der Waals surface area contributed by atoms with E-state index in [2.05, 4.69) is 31.3 Å². The molecule has 0 aliphatic rings. The van der Waals surface area contributed by atoms with Crippen LogP contribution in [0.4, 0.5) is 0 Å². The summed E-state index contributed by atoms with van der Waals surface area (Å²) in [6.45, 7) is 4.30. The van der Waals surface area contributed by atoms with Gasteiger partial charge in [-0.3, -0.25) is 4.79 Å². The van der Waals surface area contributed by atoms with E-state index in [1.54, 1.807) is 0 Å². The highest BCUT2D eigenvalue weighted by Crippen LogP contribution is 2.18. The Bertz CT molecular complexity index is 848. The maximum Gasteiger partial charge on any atom is 0.222 e.